The molecule has 7 nitrogen and oxygen atoms in total. The van der Waals surface area contributed by atoms with Crippen molar-refractivity contribution in [3.05, 3.63) is 34.9 Å². The molecule has 0 aliphatic heterocycles. The number of esters is 1. The van der Waals surface area contributed by atoms with E-state index in [2.05, 4.69) is 15.3 Å². The summed E-state index contributed by atoms with van der Waals surface area (Å²) in [5.41, 5.74) is 1.06. The number of nitrogens with zero attached hydrogens (tertiary/aromatic N) is 3. The molecule has 2 heterocycles. The summed E-state index contributed by atoms with van der Waals surface area (Å²) in [6.07, 6.45) is 2.79. The Morgan fingerprint density at radius 1 is 1.50 bits per heavy atom. The Labute approximate surface area is 102 Å². The van der Waals surface area contributed by atoms with Crippen molar-refractivity contribution in [2.24, 2.45) is 0 Å². The molecular weight excluding hydrogens is 236 g/mol. The Morgan fingerprint density at radius 3 is 2.89 bits per heavy atom. The molecule has 0 spiro atoms. The van der Waals surface area contributed by atoms with Crippen LogP contribution >= 0.6 is 0 Å². The smallest absolute Gasteiger partial charge is 0.304 e. The molecule has 1 unspecified atom stereocenters. The SMILES string of the molecule is CC(=O)OC(C)n1cc(-c2ccc(=O)[nH]n2)cn1. The Hall–Kier alpha value is -2.44. The summed E-state index contributed by atoms with van der Waals surface area (Å²) in [5, 5.41) is 10.3. The minimum Gasteiger partial charge on any atom is -0.440 e. The zero-order valence-corrected chi connectivity index (χ0v) is 9.95. The molecule has 18 heavy (non-hydrogen) atoms. The van der Waals surface area contributed by atoms with Crippen molar-refractivity contribution in [1.29, 1.82) is 0 Å². The Bertz CT molecular complexity index is 596. The normalized spacial score (nSPS) is 12.1. The predicted molar refractivity (Wildman–Crippen MR) is 62.6 cm³/mol. The zero-order valence-electron chi connectivity index (χ0n) is 9.95. The first-order chi connectivity index (χ1) is 8.56. The lowest BCUT2D eigenvalue weighted by atomic mass is 10.2. The van der Waals surface area contributed by atoms with Crippen molar-refractivity contribution in [2.45, 2.75) is 20.1 Å². The lowest BCUT2D eigenvalue weighted by Gasteiger charge is -2.11. The maximum atomic E-state index is 10.9. The standard InChI is InChI=1S/C11H12N4O3/c1-7(18-8(2)16)15-6-9(5-12-15)10-3-4-11(17)14-13-10/h3-7H,1-2H3,(H,14,17). The molecule has 0 aliphatic carbocycles. The first kappa shape index (κ1) is 12.0. The van der Waals surface area contributed by atoms with E-state index in [0.29, 0.717) is 5.69 Å². The summed E-state index contributed by atoms with van der Waals surface area (Å²) < 4.78 is 6.49. The maximum Gasteiger partial charge on any atom is 0.304 e. The van der Waals surface area contributed by atoms with Crippen molar-refractivity contribution < 1.29 is 9.53 Å². The maximum absolute atomic E-state index is 10.9. The topological polar surface area (TPSA) is 89.9 Å². The number of carbonyl (C=O) groups excluding carboxylic acids is 1. The molecule has 7 heteroatoms. The zero-order chi connectivity index (χ0) is 13.1. The minimum absolute atomic E-state index is 0.264. The van der Waals surface area contributed by atoms with Gasteiger partial charge in [0, 0.05) is 24.8 Å². The average molecular weight is 248 g/mol. The van der Waals surface area contributed by atoms with E-state index in [1.807, 2.05) is 0 Å². The third-order valence-corrected chi connectivity index (χ3v) is 2.29. The van der Waals surface area contributed by atoms with Gasteiger partial charge in [-0.1, -0.05) is 0 Å². The predicted octanol–water partition coefficient (Wildman–Crippen LogP) is 0.715. The number of aromatic nitrogens is 4. The average Bonchev–Trinajstić information content (AvgIpc) is 2.78. The number of hydrogen-bond donors (Lipinski definition) is 1. The molecule has 1 N–H and O–H groups in total. The fourth-order valence-electron chi connectivity index (χ4n) is 1.47. The van der Waals surface area contributed by atoms with Crippen LogP contribution in [0.2, 0.25) is 0 Å². The van der Waals surface area contributed by atoms with Gasteiger partial charge in [0.1, 0.15) is 0 Å². The number of carbonyl (C=O) groups is 1. The van der Waals surface area contributed by atoms with Gasteiger partial charge in [-0.3, -0.25) is 9.59 Å². The second-order valence-electron chi connectivity index (χ2n) is 3.72. The van der Waals surface area contributed by atoms with Crippen molar-refractivity contribution in [2.75, 3.05) is 0 Å². The van der Waals surface area contributed by atoms with E-state index in [1.54, 1.807) is 25.4 Å². The highest BCUT2D eigenvalue weighted by atomic mass is 16.6. The number of H-pyrrole nitrogens is 1. The van der Waals surface area contributed by atoms with Crippen molar-refractivity contribution in [3.63, 3.8) is 0 Å². The van der Waals surface area contributed by atoms with Gasteiger partial charge in [-0.05, 0) is 13.0 Å². The lowest BCUT2D eigenvalue weighted by molar-refractivity contribution is -0.150. The second kappa shape index (κ2) is 4.82. The van der Waals surface area contributed by atoms with Crippen molar-refractivity contribution >= 4 is 5.97 Å². The molecule has 0 aliphatic rings. The highest BCUT2D eigenvalue weighted by Crippen LogP contribution is 2.16. The first-order valence-corrected chi connectivity index (χ1v) is 5.34. The van der Waals surface area contributed by atoms with Gasteiger partial charge < -0.3 is 4.74 Å². The first-order valence-electron chi connectivity index (χ1n) is 5.34. The van der Waals surface area contributed by atoms with Gasteiger partial charge in [-0.2, -0.15) is 10.2 Å². The summed E-state index contributed by atoms with van der Waals surface area (Å²) in [6, 6.07) is 2.98. The molecule has 0 aromatic carbocycles. The molecule has 94 valence electrons. The van der Waals surface area contributed by atoms with Gasteiger partial charge >= 0.3 is 5.97 Å². The van der Waals surface area contributed by atoms with Crippen LogP contribution in [0.4, 0.5) is 0 Å². The molecule has 2 rings (SSSR count). The van der Waals surface area contributed by atoms with Crippen LogP contribution in [0.1, 0.15) is 20.1 Å². The van der Waals surface area contributed by atoms with Gasteiger partial charge in [0.2, 0.25) is 0 Å². The molecule has 0 bridgehead atoms. The van der Waals surface area contributed by atoms with Crippen LogP contribution in [0.5, 0.6) is 0 Å². The van der Waals surface area contributed by atoms with E-state index in [0.717, 1.165) is 5.56 Å². The van der Waals surface area contributed by atoms with Crippen LogP contribution in [0, 0.1) is 0 Å². The van der Waals surface area contributed by atoms with Crippen LogP contribution in [-0.2, 0) is 9.53 Å². The third kappa shape index (κ3) is 2.62. The van der Waals surface area contributed by atoms with Crippen LogP contribution in [0.15, 0.2) is 29.3 Å². The van der Waals surface area contributed by atoms with Gasteiger partial charge in [-0.15, -0.1) is 0 Å². The number of aromatic amines is 1. The molecule has 0 radical (unpaired) electrons. The molecule has 2 aromatic heterocycles. The van der Waals surface area contributed by atoms with E-state index >= 15 is 0 Å². The van der Waals surface area contributed by atoms with E-state index < -0.39 is 6.23 Å². The van der Waals surface area contributed by atoms with Crippen molar-refractivity contribution in [1.82, 2.24) is 20.0 Å². The summed E-state index contributed by atoms with van der Waals surface area (Å²) in [6.45, 7) is 3.04. The summed E-state index contributed by atoms with van der Waals surface area (Å²) in [5.74, 6) is -0.373. The van der Waals surface area contributed by atoms with Crippen molar-refractivity contribution in [3.8, 4) is 11.3 Å². The summed E-state index contributed by atoms with van der Waals surface area (Å²) in [7, 11) is 0. The highest BCUT2D eigenvalue weighted by Gasteiger charge is 2.10. The van der Waals surface area contributed by atoms with Gasteiger partial charge in [-0.25, -0.2) is 9.78 Å². The molecule has 1 atom stereocenters. The molecule has 0 amide bonds. The molecular formula is C11H12N4O3. The van der Waals surface area contributed by atoms with Crippen LogP contribution < -0.4 is 5.56 Å². The fraction of sp³-hybridized carbons (Fsp3) is 0.273. The van der Waals surface area contributed by atoms with Gasteiger partial charge in [0.25, 0.3) is 5.56 Å². The fourth-order valence-corrected chi connectivity index (χ4v) is 1.47. The largest absolute Gasteiger partial charge is 0.440 e. The quantitative estimate of drug-likeness (QED) is 0.808. The Morgan fingerprint density at radius 2 is 2.28 bits per heavy atom. The van der Waals surface area contributed by atoms with Crippen LogP contribution in [-0.4, -0.2) is 25.9 Å². The van der Waals surface area contributed by atoms with E-state index in [-0.39, 0.29) is 11.5 Å². The lowest BCUT2D eigenvalue weighted by Crippen LogP contribution is -2.12. The number of rotatable bonds is 3. The highest BCUT2D eigenvalue weighted by molar-refractivity contribution is 5.66. The molecule has 0 saturated heterocycles. The Kier molecular flexibility index (Phi) is 3.22. The van der Waals surface area contributed by atoms with Gasteiger partial charge in [0.15, 0.2) is 6.23 Å². The molecule has 0 saturated carbocycles. The molecule has 0 fully saturated rings. The summed E-state index contributed by atoms with van der Waals surface area (Å²) in [4.78, 5) is 21.7. The van der Waals surface area contributed by atoms with Crippen LogP contribution in [0.25, 0.3) is 11.3 Å². The molecule has 2 aromatic rings. The number of hydrogen-bond acceptors (Lipinski definition) is 5. The van der Waals surface area contributed by atoms with Gasteiger partial charge in [0.05, 0.1) is 11.9 Å². The number of nitrogens with one attached hydrogen (secondary N) is 1. The minimum atomic E-state index is -0.487. The second-order valence-corrected chi connectivity index (χ2v) is 3.72. The summed E-state index contributed by atoms with van der Waals surface area (Å²) >= 11 is 0. The number of ether oxygens (including phenoxy) is 1. The van der Waals surface area contributed by atoms with E-state index in [4.69, 9.17) is 4.74 Å². The van der Waals surface area contributed by atoms with E-state index in [1.165, 1.54) is 17.7 Å². The Balaban J connectivity index is 2.22. The monoisotopic (exact) mass is 248 g/mol. The van der Waals surface area contributed by atoms with E-state index in [9.17, 15) is 9.59 Å². The van der Waals surface area contributed by atoms with Crippen LogP contribution in [0.3, 0.4) is 0 Å². The third-order valence-electron chi connectivity index (χ3n) is 2.29.